The molecule has 1 N–H and O–H groups in total. The molecule has 1 aliphatic carbocycles. The number of sulfonamides is 1. The predicted molar refractivity (Wildman–Crippen MR) is 109 cm³/mol. The Kier molecular flexibility index (Phi) is 7.28. The molecule has 9 heteroatoms. The van der Waals surface area contributed by atoms with E-state index >= 15 is 0 Å². The first-order valence-corrected chi connectivity index (χ1v) is 11.1. The van der Waals surface area contributed by atoms with Gasteiger partial charge in [-0.15, -0.1) is 0 Å². The molecule has 0 saturated heterocycles. The van der Waals surface area contributed by atoms with Crippen LogP contribution >= 0.6 is 0 Å². The zero-order valence-electron chi connectivity index (χ0n) is 16.3. The molecule has 0 bridgehead atoms. The van der Waals surface area contributed by atoms with Crippen LogP contribution < -0.4 is 5.43 Å². The smallest absolute Gasteiger partial charge is 0.255 e. The maximum Gasteiger partial charge on any atom is 0.255 e. The third kappa shape index (κ3) is 5.70. The average molecular weight is 435 g/mol. The van der Waals surface area contributed by atoms with Crippen LogP contribution in [0, 0.1) is 11.6 Å². The summed E-state index contributed by atoms with van der Waals surface area (Å²) in [5, 5.41) is 3.78. The third-order valence-electron chi connectivity index (χ3n) is 4.95. The van der Waals surface area contributed by atoms with Crippen LogP contribution in [0.4, 0.5) is 8.78 Å². The minimum absolute atomic E-state index is 0.0643. The molecule has 0 heterocycles. The van der Waals surface area contributed by atoms with Crippen LogP contribution in [-0.4, -0.2) is 37.4 Å². The lowest BCUT2D eigenvalue weighted by Gasteiger charge is -2.32. The highest BCUT2D eigenvalue weighted by Crippen LogP contribution is 2.27. The summed E-state index contributed by atoms with van der Waals surface area (Å²) < 4.78 is 53.9. The van der Waals surface area contributed by atoms with Crippen molar-refractivity contribution in [3.63, 3.8) is 0 Å². The van der Waals surface area contributed by atoms with Crippen LogP contribution in [0.1, 0.15) is 37.7 Å². The van der Waals surface area contributed by atoms with Crippen LogP contribution in [-0.2, 0) is 14.8 Å². The summed E-state index contributed by atoms with van der Waals surface area (Å²) in [5.74, 6) is -1.58. The lowest BCUT2D eigenvalue weighted by molar-refractivity contribution is -0.121. The van der Waals surface area contributed by atoms with Gasteiger partial charge in [0.1, 0.15) is 11.6 Å². The SMILES string of the molecule is O=C(CN(C1CCCCC1)S(=O)(=O)c1ccc(F)cc1)N/N=C\c1cccc(F)c1. The third-order valence-corrected chi connectivity index (χ3v) is 6.87. The molecule has 1 fully saturated rings. The molecule has 3 rings (SSSR count). The normalized spacial score (nSPS) is 15.6. The summed E-state index contributed by atoms with van der Waals surface area (Å²) in [6.45, 7) is -0.412. The predicted octanol–water partition coefficient (Wildman–Crippen LogP) is 3.44. The molecule has 0 unspecified atom stereocenters. The number of amides is 1. The first-order chi connectivity index (χ1) is 14.4. The van der Waals surface area contributed by atoms with E-state index in [2.05, 4.69) is 10.5 Å². The second kappa shape index (κ2) is 9.90. The van der Waals surface area contributed by atoms with Gasteiger partial charge in [0.25, 0.3) is 5.91 Å². The number of halogens is 2. The Hall–Kier alpha value is -2.65. The lowest BCUT2D eigenvalue weighted by Crippen LogP contribution is -2.46. The van der Waals surface area contributed by atoms with Gasteiger partial charge < -0.3 is 0 Å². The fraction of sp³-hybridized carbons (Fsp3) is 0.333. The standard InChI is InChI=1S/C21H23F2N3O3S/c22-17-9-11-20(12-10-17)30(28,29)26(19-7-2-1-3-8-19)15-21(27)25-24-14-16-5-4-6-18(23)13-16/h4-6,9-14,19H,1-3,7-8,15H2,(H,25,27)/b24-14-. The summed E-state index contributed by atoms with van der Waals surface area (Å²) >= 11 is 0. The molecule has 0 spiro atoms. The van der Waals surface area contributed by atoms with Gasteiger partial charge in [0, 0.05) is 6.04 Å². The molecule has 160 valence electrons. The van der Waals surface area contributed by atoms with Gasteiger partial charge >= 0.3 is 0 Å². The first-order valence-electron chi connectivity index (χ1n) is 9.71. The number of nitrogens with one attached hydrogen (secondary N) is 1. The van der Waals surface area contributed by atoms with Gasteiger partial charge in [-0.2, -0.15) is 9.41 Å². The van der Waals surface area contributed by atoms with Crippen LogP contribution in [0.5, 0.6) is 0 Å². The molecule has 0 aliphatic heterocycles. The Labute approximate surface area is 174 Å². The second-order valence-corrected chi connectivity index (χ2v) is 9.03. The number of hydrogen-bond acceptors (Lipinski definition) is 4. The summed E-state index contributed by atoms with van der Waals surface area (Å²) in [4.78, 5) is 12.4. The van der Waals surface area contributed by atoms with Gasteiger partial charge in [-0.25, -0.2) is 22.6 Å². The van der Waals surface area contributed by atoms with Gasteiger partial charge in [-0.3, -0.25) is 4.79 Å². The van der Waals surface area contributed by atoms with E-state index < -0.39 is 34.1 Å². The van der Waals surface area contributed by atoms with Crippen LogP contribution in [0.15, 0.2) is 58.5 Å². The lowest BCUT2D eigenvalue weighted by atomic mass is 9.95. The molecule has 6 nitrogen and oxygen atoms in total. The molecular weight excluding hydrogens is 412 g/mol. The molecular formula is C21H23F2N3O3S. The van der Waals surface area contributed by atoms with Crippen molar-refractivity contribution < 1.29 is 22.0 Å². The number of rotatable bonds is 7. The fourth-order valence-electron chi connectivity index (χ4n) is 3.46. The van der Waals surface area contributed by atoms with Crippen LogP contribution in [0.25, 0.3) is 0 Å². The summed E-state index contributed by atoms with van der Waals surface area (Å²) in [6, 6.07) is 9.91. The molecule has 1 aliphatic rings. The van der Waals surface area contributed by atoms with Crippen LogP contribution in [0.2, 0.25) is 0 Å². The Morgan fingerprint density at radius 2 is 1.77 bits per heavy atom. The quantitative estimate of drug-likeness (QED) is 0.535. The topological polar surface area (TPSA) is 78.8 Å². The molecule has 0 aromatic heterocycles. The number of hydrogen-bond donors (Lipinski definition) is 1. The van der Waals surface area contributed by atoms with Gasteiger partial charge in [-0.05, 0) is 54.8 Å². The Bertz CT molecular complexity index is 1000. The highest BCUT2D eigenvalue weighted by Gasteiger charge is 2.33. The maximum absolute atomic E-state index is 13.2. The highest BCUT2D eigenvalue weighted by molar-refractivity contribution is 7.89. The second-order valence-electron chi connectivity index (χ2n) is 7.14. The monoisotopic (exact) mass is 435 g/mol. The van der Waals surface area contributed by atoms with Crippen molar-refractivity contribution in [1.82, 2.24) is 9.73 Å². The van der Waals surface area contributed by atoms with E-state index in [1.807, 2.05) is 0 Å². The molecule has 2 aromatic rings. The van der Waals surface area contributed by atoms with E-state index in [0.29, 0.717) is 18.4 Å². The summed E-state index contributed by atoms with van der Waals surface area (Å²) in [6.07, 6.45) is 5.35. The molecule has 30 heavy (non-hydrogen) atoms. The van der Waals surface area contributed by atoms with Gasteiger partial charge in [0.05, 0.1) is 17.7 Å². The van der Waals surface area contributed by atoms with E-state index in [1.54, 1.807) is 6.07 Å². The first kappa shape index (κ1) is 22.0. The van der Waals surface area contributed by atoms with Gasteiger partial charge in [-0.1, -0.05) is 31.4 Å². The summed E-state index contributed by atoms with van der Waals surface area (Å²) in [5.41, 5.74) is 2.75. The van der Waals surface area contributed by atoms with E-state index in [1.165, 1.54) is 40.9 Å². The Morgan fingerprint density at radius 1 is 1.07 bits per heavy atom. The van der Waals surface area contributed by atoms with Crippen LogP contribution in [0.3, 0.4) is 0 Å². The number of benzene rings is 2. The number of hydrazone groups is 1. The number of carbonyl (C=O) groups excluding carboxylic acids is 1. The zero-order valence-corrected chi connectivity index (χ0v) is 17.1. The van der Waals surface area contributed by atoms with E-state index in [9.17, 15) is 22.0 Å². The Morgan fingerprint density at radius 3 is 2.43 bits per heavy atom. The zero-order chi connectivity index (χ0) is 21.6. The average Bonchev–Trinajstić information content (AvgIpc) is 2.73. The highest BCUT2D eigenvalue weighted by atomic mass is 32.2. The van der Waals surface area contributed by atoms with Gasteiger partial charge in [0.15, 0.2) is 0 Å². The van der Waals surface area contributed by atoms with Crippen molar-refractivity contribution in [3.05, 3.63) is 65.7 Å². The van der Waals surface area contributed by atoms with E-state index in [0.717, 1.165) is 31.4 Å². The maximum atomic E-state index is 13.2. The van der Waals surface area contributed by atoms with Crippen molar-refractivity contribution in [2.24, 2.45) is 5.10 Å². The van der Waals surface area contributed by atoms with Crippen molar-refractivity contribution in [3.8, 4) is 0 Å². The Balaban J connectivity index is 1.75. The minimum Gasteiger partial charge on any atom is -0.272 e. The molecule has 1 amide bonds. The molecule has 0 atom stereocenters. The van der Waals surface area contributed by atoms with E-state index in [4.69, 9.17) is 0 Å². The molecule has 0 radical (unpaired) electrons. The fourth-order valence-corrected chi connectivity index (χ4v) is 5.11. The van der Waals surface area contributed by atoms with Gasteiger partial charge in [0.2, 0.25) is 10.0 Å². The largest absolute Gasteiger partial charge is 0.272 e. The van der Waals surface area contributed by atoms with Crippen molar-refractivity contribution in [1.29, 1.82) is 0 Å². The molecule has 1 saturated carbocycles. The van der Waals surface area contributed by atoms with Crippen molar-refractivity contribution >= 4 is 22.1 Å². The number of nitrogens with zero attached hydrogens (tertiary/aromatic N) is 2. The molecule has 2 aromatic carbocycles. The van der Waals surface area contributed by atoms with Crippen molar-refractivity contribution in [2.75, 3.05) is 6.54 Å². The minimum atomic E-state index is -3.99. The van der Waals surface area contributed by atoms with Crippen molar-refractivity contribution in [2.45, 2.75) is 43.0 Å². The summed E-state index contributed by atoms with van der Waals surface area (Å²) in [7, 11) is -3.99. The van der Waals surface area contributed by atoms with E-state index in [-0.39, 0.29) is 10.9 Å². The number of carbonyl (C=O) groups is 1.